The Hall–Kier alpha value is -1.47. The fraction of sp³-hybridized carbons (Fsp3) is 0.562. The van der Waals surface area contributed by atoms with E-state index in [0.29, 0.717) is 0 Å². The average molecular weight is 340 g/mol. The van der Waals surface area contributed by atoms with Gasteiger partial charge in [-0.1, -0.05) is 12.1 Å². The standard InChI is InChI=1S/C16H21FN2O3S/c17-23(21,22)12-14-9-16(20)19(11-14)15-5-3-13(4-6-15)10-18-7-1-2-8-18/h3-6,14H,1-2,7-12H2. The van der Waals surface area contributed by atoms with Crippen molar-refractivity contribution in [3.8, 4) is 0 Å². The van der Waals surface area contributed by atoms with E-state index in [-0.39, 0.29) is 18.9 Å². The second-order valence-electron chi connectivity index (χ2n) is 6.43. The molecule has 1 unspecified atom stereocenters. The van der Waals surface area contributed by atoms with Crippen LogP contribution in [0.15, 0.2) is 24.3 Å². The fourth-order valence-corrected chi connectivity index (χ4v) is 4.19. The van der Waals surface area contributed by atoms with E-state index in [4.69, 9.17) is 0 Å². The molecule has 2 fully saturated rings. The van der Waals surface area contributed by atoms with Crippen LogP contribution in [-0.4, -0.2) is 44.6 Å². The van der Waals surface area contributed by atoms with Gasteiger partial charge in [0.05, 0.1) is 5.75 Å². The van der Waals surface area contributed by atoms with Crippen LogP contribution in [0, 0.1) is 5.92 Å². The van der Waals surface area contributed by atoms with Gasteiger partial charge in [-0.15, -0.1) is 3.89 Å². The molecule has 1 aromatic rings. The summed E-state index contributed by atoms with van der Waals surface area (Å²) in [5.41, 5.74) is 1.95. The summed E-state index contributed by atoms with van der Waals surface area (Å²) in [6.07, 6.45) is 2.58. The first-order valence-corrected chi connectivity index (χ1v) is 9.50. The van der Waals surface area contributed by atoms with E-state index < -0.39 is 21.9 Å². The highest BCUT2D eigenvalue weighted by molar-refractivity contribution is 7.86. The summed E-state index contributed by atoms with van der Waals surface area (Å²) in [5.74, 6) is -1.20. The first kappa shape index (κ1) is 16.4. The van der Waals surface area contributed by atoms with Crippen LogP contribution < -0.4 is 4.90 Å². The van der Waals surface area contributed by atoms with Gasteiger partial charge in [-0.3, -0.25) is 9.69 Å². The number of halogens is 1. The first-order chi connectivity index (χ1) is 10.9. The molecular formula is C16H21FN2O3S. The van der Waals surface area contributed by atoms with E-state index in [2.05, 4.69) is 4.90 Å². The maximum absolute atomic E-state index is 12.8. The van der Waals surface area contributed by atoms with Gasteiger partial charge in [0, 0.05) is 31.1 Å². The van der Waals surface area contributed by atoms with Crippen LogP contribution in [0.1, 0.15) is 24.8 Å². The van der Waals surface area contributed by atoms with Gasteiger partial charge in [-0.25, -0.2) is 0 Å². The van der Waals surface area contributed by atoms with Gasteiger partial charge in [-0.05, 0) is 43.6 Å². The van der Waals surface area contributed by atoms with Crippen molar-refractivity contribution in [2.45, 2.75) is 25.8 Å². The smallest absolute Gasteiger partial charge is 0.302 e. The van der Waals surface area contributed by atoms with E-state index in [9.17, 15) is 17.1 Å². The lowest BCUT2D eigenvalue weighted by Crippen LogP contribution is -2.25. The van der Waals surface area contributed by atoms with E-state index in [1.807, 2.05) is 24.3 Å². The van der Waals surface area contributed by atoms with E-state index >= 15 is 0 Å². The Morgan fingerprint density at radius 2 is 1.78 bits per heavy atom. The third-order valence-electron chi connectivity index (χ3n) is 4.49. The van der Waals surface area contributed by atoms with Crippen molar-refractivity contribution in [1.29, 1.82) is 0 Å². The molecule has 0 saturated carbocycles. The molecule has 5 nitrogen and oxygen atoms in total. The quantitative estimate of drug-likeness (QED) is 0.769. The Kier molecular flexibility index (Phi) is 4.68. The van der Waals surface area contributed by atoms with E-state index in [1.165, 1.54) is 18.4 Å². The number of rotatable bonds is 5. The van der Waals surface area contributed by atoms with E-state index in [0.717, 1.165) is 25.3 Å². The molecular weight excluding hydrogens is 319 g/mol. The third-order valence-corrected chi connectivity index (χ3v) is 5.36. The monoisotopic (exact) mass is 340 g/mol. The maximum Gasteiger partial charge on any atom is 0.302 e. The van der Waals surface area contributed by atoms with E-state index in [1.54, 1.807) is 4.90 Å². The van der Waals surface area contributed by atoms with Crippen molar-refractivity contribution < 1.29 is 17.1 Å². The summed E-state index contributed by atoms with van der Waals surface area (Å²) in [6.45, 7) is 3.43. The number of hydrogen-bond acceptors (Lipinski definition) is 4. The van der Waals surface area contributed by atoms with Gasteiger partial charge in [-0.2, -0.15) is 8.42 Å². The number of carbonyl (C=O) groups excluding carboxylic acids is 1. The Labute approximate surface area is 136 Å². The highest BCUT2D eigenvalue weighted by Crippen LogP contribution is 2.27. The number of anilines is 1. The Bertz CT molecular complexity index is 669. The summed E-state index contributed by atoms with van der Waals surface area (Å²) < 4.78 is 34.3. The van der Waals surface area contributed by atoms with Gasteiger partial charge in [0.15, 0.2) is 0 Å². The summed E-state index contributed by atoms with van der Waals surface area (Å²) >= 11 is 0. The summed E-state index contributed by atoms with van der Waals surface area (Å²) in [7, 11) is -4.54. The molecule has 0 N–H and O–H groups in total. The second-order valence-corrected chi connectivity index (χ2v) is 7.84. The normalized spacial score (nSPS) is 22.9. The number of amides is 1. The molecule has 1 aromatic carbocycles. The molecule has 2 aliphatic heterocycles. The molecule has 126 valence electrons. The number of hydrogen-bond donors (Lipinski definition) is 0. The lowest BCUT2D eigenvalue weighted by molar-refractivity contribution is -0.117. The lowest BCUT2D eigenvalue weighted by atomic mass is 10.1. The highest BCUT2D eigenvalue weighted by atomic mass is 32.3. The topological polar surface area (TPSA) is 57.7 Å². The zero-order valence-electron chi connectivity index (χ0n) is 12.9. The molecule has 0 spiro atoms. The average Bonchev–Trinajstić information content (AvgIpc) is 3.08. The zero-order valence-corrected chi connectivity index (χ0v) is 13.8. The number of likely N-dealkylation sites (tertiary alicyclic amines) is 1. The van der Waals surface area contributed by atoms with Crippen molar-refractivity contribution in [1.82, 2.24) is 4.90 Å². The van der Waals surface area contributed by atoms with Crippen LogP contribution in [0.25, 0.3) is 0 Å². The van der Waals surface area contributed by atoms with Crippen molar-refractivity contribution in [3.05, 3.63) is 29.8 Å². The van der Waals surface area contributed by atoms with Gasteiger partial charge < -0.3 is 4.90 Å². The fourth-order valence-electron chi connectivity index (χ4n) is 3.40. The van der Waals surface area contributed by atoms with Gasteiger partial charge in [0.2, 0.25) is 5.91 Å². The van der Waals surface area contributed by atoms with Crippen molar-refractivity contribution >= 4 is 21.8 Å². The lowest BCUT2D eigenvalue weighted by Gasteiger charge is -2.18. The van der Waals surface area contributed by atoms with Crippen molar-refractivity contribution in [3.63, 3.8) is 0 Å². The second kappa shape index (κ2) is 6.57. The molecule has 2 saturated heterocycles. The van der Waals surface area contributed by atoms with Gasteiger partial charge >= 0.3 is 10.2 Å². The van der Waals surface area contributed by atoms with Crippen LogP contribution in [-0.2, 0) is 21.6 Å². The predicted molar refractivity (Wildman–Crippen MR) is 86.3 cm³/mol. The summed E-state index contributed by atoms with van der Waals surface area (Å²) in [4.78, 5) is 16.0. The molecule has 1 amide bonds. The molecule has 1 atom stereocenters. The molecule has 0 bridgehead atoms. The minimum absolute atomic E-state index is 0.0820. The van der Waals surface area contributed by atoms with Crippen molar-refractivity contribution in [2.24, 2.45) is 5.92 Å². The van der Waals surface area contributed by atoms with Gasteiger partial charge in [0.25, 0.3) is 0 Å². The van der Waals surface area contributed by atoms with Crippen molar-refractivity contribution in [2.75, 3.05) is 30.3 Å². The predicted octanol–water partition coefficient (Wildman–Crippen LogP) is 1.93. The minimum atomic E-state index is -4.54. The largest absolute Gasteiger partial charge is 0.312 e. The SMILES string of the molecule is O=C1CC(CS(=O)(=O)F)CN1c1ccc(CN2CCCC2)cc1. The van der Waals surface area contributed by atoms with Gasteiger partial charge in [0.1, 0.15) is 0 Å². The zero-order chi connectivity index (χ0) is 16.4. The summed E-state index contributed by atoms with van der Waals surface area (Å²) in [6, 6.07) is 7.77. The Balaban J connectivity index is 1.63. The Morgan fingerprint density at radius 1 is 1.13 bits per heavy atom. The first-order valence-electron chi connectivity index (χ1n) is 7.95. The molecule has 23 heavy (non-hydrogen) atoms. The summed E-state index contributed by atoms with van der Waals surface area (Å²) in [5, 5.41) is 0. The minimum Gasteiger partial charge on any atom is -0.312 e. The molecule has 2 aliphatic rings. The number of carbonyl (C=O) groups is 1. The molecule has 0 aliphatic carbocycles. The Morgan fingerprint density at radius 3 is 2.39 bits per heavy atom. The number of benzene rings is 1. The highest BCUT2D eigenvalue weighted by Gasteiger charge is 2.33. The molecule has 2 heterocycles. The van der Waals surface area contributed by atoms with Crippen LogP contribution in [0.4, 0.5) is 9.57 Å². The third kappa shape index (κ3) is 4.29. The van der Waals surface area contributed by atoms with Crippen LogP contribution in [0.2, 0.25) is 0 Å². The van der Waals surface area contributed by atoms with Crippen LogP contribution in [0.3, 0.4) is 0 Å². The molecule has 3 rings (SSSR count). The van der Waals surface area contributed by atoms with Crippen LogP contribution in [0.5, 0.6) is 0 Å². The van der Waals surface area contributed by atoms with Crippen LogP contribution >= 0.6 is 0 Å². The molecule has 0 radical (unpaired) electrons. The number of nitrogens with zero attached hydrogens (tertiary/aromatic N) is 2. The molecule has 7 heteroatoms. The maximum atomic E-state index is 12.8. The molecule has 0 aromatic heterocycles.